The van der Waals surface area contributed by atoms with Crippen molar-refractivity contribution in [2.24, 2.45) is 5.92 Å². The van der Waals surface area contributed by atoms with Crippen molar-refractivity contribution >= 4 is 23.3 Å². The number of aliphatic hydroxyl groups is 1. The predicted octanol–water partition coefficient (Wildman–Crippen LogP) is 4.74. The molecule has 2 aromatic rings. The molecule has 1 N–H and O–H groups in total. The van der Waals surface area contributed by atoms with Crippen molar-refractivity contribution in [1.29, 1.82) is 0 Å². The van der Waals surface area contributed by atoms with E-state index in [9.17, 15) is 23.1 Å². The molecule has 1 aromatic heterocycles. The first-order chi connectivity index (χ1) is 19.0. The van der Waals surface area contributed by atoms with Crippen LogP contribution in [0, 0.1) is 5.92 Å². The number of benzene rings is 1. The molecular formula is C30H38F3NO5S. The number of aryl methyl sites for hydroxylation is 1. The minimum absolute atomic E-state index is 0.0585. The van der Waals surface area contributed by atoms with Crippen LogP contribution >= 0.6 is 11.3 Å². The van der Waals surface area contributed by atoms with Gasteiger partial charge in [0.25, 0.3) is 0 Å². The first kappa shape index (κ1) is 30.5. The Morgan fingerprint density at radius 2 is 1.60 bits per heavy atom. The Bertz CT molecular complexity index is 1090. The number of esters is 1. The lowest BCUT2D eigenvalue weighted by atomic mass is 9.73. The number of hydrogen-bond donors (Lipinski definition) is 1. The van der Waals surface area contributed by atoms with Crippen LogP contribution in [0.5, 0.6) is 0 Å². The van der Waals surface area contributed by atoms with Crippen LogP contribution < -0.4 is 5.11 Å². The molecule has 0 radical (unpaired) electrons. The highest BCUT2D eigenvalue weighted by Crippen LogP contribution is 2.45. The lowest BCUT2D eigenvalue weighted by Gasteiger charge is -2.54. The second-order valence-electron chi connectivity index (χ2n) is 11.5. The van der Waals surface area contributed by atoms with Crippen LogP contribution in [0.2, 0.25) is 0 Å². The van der Waals surface area contributed by atoms with E-state index in [4.69, 9.17) is 14.6 Å². The zero-order valence-electron chi connectivity index (χ0n) is 22.7. The van der Waals surface area contributed by atoms with Crippen molar-refractivity contribution in [3.05, 3.63) is 58.3 Å². The molecule has 3 aliphatic heterocycles. The quantitative estimate of drug-likeness (QED) is 0.360. The van der Waals surface area contributed by atoms with Crippen LogP contribution in [0.25, 0.3) is 0 Å². The molecule has 10 heteroatoms. The summed E-state index contributed by atoms with van der Waals surface area (Å²) in [5.74, 6) is -3.47. The van der Waals surface area contributed by atoms with Crippen LogP contribution in [0.4, 0.5) is 13.2 Å². The van der Waals surface area contributed by atoms with Gasteiger partial charge in [-0.3, -0.25) is 0 Å². The summed E-state index contributed by atoms with van der Waals surface area (Å²) >= 11 is 1.86. The number of hydrogen-bond acceptors (Lipinski definition) is 6. The number of carbonyl (C=O) groups is 2. The van der Waals surface area contributed by atoms with Gasteiger partial charge in [-0.2, -0.15) is 13.2 Å². The fourth-order valence-corrected chi connectivity index (χ4v) is 7.32. The molecule has 1 aromatic carbocycles. The maximum Gasteiger partial charge on any atom is 0.430 e. The van der Waals surface area contributed by atoms with Crippen molar-refractivity contribution in [3.63, 3.8) is 0 Å². The molecule has 4 fully saturated rings. The van der Waals surface area contributed by atoms with Gasteiger partial charge in [0.05, 0.1) is 26.2 Å². The zero-order chi connectivity index (χ0) is 28.9. The van der Waals surface area contributed by atoms with E-state index in [1.165, 1.54) is 35.2 Å². The molecular weight excluding hydrogens is 543 g/mol. The number of quaternary nitrogens is 1. The number of piperidine rings is 3. The molecule has 4 aliphatic rings. The average molecular weight is 582 g/mol. The first-order valence-electron chi connectivity index (χ1n) is 14.2. The Morgan fingerprint density at radius 1 is 1.00 bits per heavy atom. The van der Waals surface area contributed by atoms with Crippen LogP contribution in [0.15, 0.2) is 47.8 Å². The van der Waals surface area contributed by atoms with E-state index in [2.05, 4.69) is 17.5 Å². The van der Waals surface area contributed by atoms with Crippen molar-refractivity contribution in [2.75, 3.05) is 26.2 Å². The van der Waals surface area contributed by atoms with E-state index < -0.39 is 23.7 Å². The Labute approximate surface area is 237 Å². The summed E-state index contributed by atoms with van der Waals surface area (Å²) in [4.78, 5) is 24.0. The largest absolute Gasteiger partial charge is 0.542 e. The second kappa shape index (κ2) is 12.6. The topological polar surface area (TPSA) is 86.7 Å². The van der Waals surface area contributed by atoms with Gasteiger partial charge in [-0.05, 0) is 36.3 Å². The summed E-state index contributed by atoms with van der Waals surface area (Å²) in [6.45, 7) is 4.48. The Balaban J connectivity index is 0.000000470. The Kier molecular flexibility index (Phi) is 9.62. The average Bonchev–Trinajstić information content (AvgIpc) is 3.48. The molecule has 0 amide bonds. The lowest BCUT2D eigenvalue weighted by molar-refractivity contribution is -0.944. The highest BCUT2D eigenvalue weighted by atomic mass is 32.1. The van der Waals surface area contributed by atoms with Gasteiger partial charge < -0.3 is 24.2 Å². The van der Waals surface area contributed by atoms with Crippen molar-refractivity contribution in [3.8, 4) is 0 Å². The number of rotatable bonds is 8. The van der Waals surface area contributed by atoms with E-state index in [-0.39, 0.29) is 11.5 Å². The van der Waals surface area contributed by atoms with Crippen LogP contribution in [0.3, 0.4) is 0 Å². The van der Waals surface area contributed by atoms with Gasteiger partial charge in [0.2, 0.25) is 0 Å². The number of aliphatic carboxylic acids is 1. The summed E-state index contributed by atoms with van der Waals surface area (Å²) in [6.07, 6.45) is 5.08. The van der Waals surface area contributed by atoms with Crippen LogP contribution in [0.1, 0.15) is 68.2 Å². The summed E-state index contributed by atoms with van der Waals surface area (Å²) in [5.41, 5.74) is -1.22. The van der Waals surface area contributed by atoms with Gasteiger partial charge in [0.15, 0.2) is 5.60 Å². The molecule has 1 aliphatic carbocycles. The summed E-state index contributed by atoms with van der Waals surface area (Å²) in [7, 11) is 0. The fraction of sp³-hybridized carbons (Fsp3) is 0.600. The van der Waals surface area contributed by atoms with Gasteiger partial charge in [0, 0.05) is 36.5 Å². The van der Waals surface area contributed by atoms with Crippen molar-refractivity contribution in [1.82, 2.24) is 0 Å². The highest BCUT2D eigenvalue weighted by molar-refractivity contribution is 7.09. The zero-order valence-corrected chi connectivity index (χ0v) is 23.5. The molecule has 2 bridgehead atoms. The van der Waals surface area contributed by atoms with Gasteiger partial charge in [-0.25, -0.2) is 4.79 Å². The molecule has 0 spiro atoms. The number of thiophene rings is 1. The molecule has 6 rings (SSSR count). The smallest absolute Gasteiger partial charge is 0.430 e. The molecule has 1 saturated carbocycles. The molecule has 220 valence electrons. The SMILES string of the molecule is O=C(OC12CC[N+](CCCc3cccs3)(CC1)CC2)[C@](O)(c1ccccc1)C1CCCCC1.O=C([O-])C(F)(F)F. The lowest BCUT2D eigenvalue weighted by Crippen LogP contribution is -2.66. The molecule has 4 heterocycles. The second-order valence-corrected chi connectivity index (χ2v) is 12.5. The molecule has 3 saturated heterocycles. The number of alkyl halides is 3. The Morgan fingerprint density at radius 3 is 2.12 bits per heavy atom. The van der Waals surface area contributed by atoms with E-state index in [1.807, 2.05) is 41.7 Å². The normalized spacial score (nSPS) is 26.3. The van der Waals surface area contributed by atoms with Gasteiger partial charge >= 0.3 is 12.1 Å². The number of carboxylic acid groups (broad SMARTS) is 1. The van der Waals surface area contributed by atoms with Gasteiger partial charge in [-0.15, -0.1) is 11.3 Å². The van der Waals surface area contributed by atoms with E-state index in [0.29, 0.717) is 5.56 Å². The maximum atomic E-state index is 13.7. The third kappa shape index (κ3) is 7.06. The first-order valence-corrected chi connectivity index (χ1v) is 15.0. The number of ether oxygens (including phenoxy) is 1. The predicted molar refractivity (Wildman–Crippen MR) is 143 cm³/mol. The van der Waals surface area contributed by atoms with E-state index in [0.717, 1.165) is 64.6 Å². The van der Waals surface area contributed by atoms with Gasteiger partial charge in [-0.1, -0.05) is 55.7 Å². The standard InChI is InChI=1S/C28H38NO3S.C2HF3O2/c30-26(28(31,23-9-3-1-4-10-23)24-11-5-2-6-12-24)32-27-15-19-29(20-16-27,21-17-27)18-7-13-25-14-8-22-33-25;3-2(4,5)1(6)7/h1,3-4,8-10,14,22,24,31H,2,5-7,11-13,15-21H2;(H,6,7)/q+1;/p-1/t27?,28-,29?;/m0./s1. The third-order valence-electron chi connectivity index (χ3n) is 9.02. The minimum Gasteiger partial charge on any atom is -0.542 e. The molecule has 0 unspecified atom stereocenters. The maximum absolute atomic E-state index is 13.7. The summed E-state index contributed by atoms with van der Waals surface area (Å²) in [6, 6.07) is 13.9. The number of fused-ring (bicyclic) bond motifs is 3. The summed E-state index contributed by atoms with van der Waals surface area (Å²) < 4.78 is 39.1. The van der Waals surface area contributed by atoms with E-state index in [1.54, 1.807) is 0 Å². The number of halogens is 3. The minimum atomic E-state index is -5.19. The number of carbonyl (C=O) groups excluding carboxylic acids is 2. The number of nitrogens with zero attached hydrogens (tertiary/aromatic N) is 1. The van der Waals surface area contributed by atoms with Crippen LogP contribution in [-0.4, -0.2) is 59.5 Å². The molecule has 6 nitrogen and oxygen atoms in total. The molecule has 40 heavy (non-hydrogen) atoms. The highest BCUT2D eigenvalue weighted by Gasteiger charge is 2.55. The fourth-order valence-electron chi connectivity index (χ4n) is 6.57. The van der Waals surface area contributed by atoms with Crippen molar-refractivity contribution < 1.29 is 42.2 Å². The van der Waals surface area contributed by atoms with Crippen LogP contribution in [-0.2, 0) is 26.3 Å². The Hall–Kier alpha value is -2.43. The third-order valence-corrected chi connectivity index (χ3v) is 9.96. The van der Waals surface area contributed by atoms with Gasteiger partial charge in [0.1, 0.15) is 11.6 Å². The van der Waals surface area contributed by atoms with E-state index >= 15 is 0 Å². The number of carboxylic acids is 1. The molecule has 1 atom stereocenters. The monoisotopic (exact) mass is 581 g/mol. The summed E-state index contributed by atoms with van der Waals surface area (Å²) in [5, 5.41) is 22.9. The van der Waals surface area contributed by atoms with Crippen molar-refractivity contribution in [2.45, 2.75) is 81.6 Å².